The van der Waals surface area contributed by atoms with Crippen LogP contribution >= 0.6 is 0 Å². The summed E-state index contributed by atoms with van der Waals surface area (Å²) in [4.78, 5) is 25.9. The summed E-state index contributed by atoms with van der Waals surface area (Å²) in [5, 5.41) is 0. The van der Waals surface area contributed by atoms with E-state index in [4.69, 9.17) is 9.47 Å². The third-order valence-electron chi connectivity index (χ3n) is 3.19. The molecule has 1 amide bonds. The van der Waals surface area contributed by atoms with Gasteiger partial charge in [-0.1, -0.05) is 44.2 Å². The highest BCUT2D eigenvalue weighted by Gasteiger charge is 2.34. The Balaban J connectivity index is 2.71. The molecule has 0 heterocycles. The third-order valence-corrected chi connectivity index (χ3v) is 3.19. The number of hydrogen-bond donors (Lipinski definition) is 0. The van der Waals surface area contributed by atoms with Crippen LogP contribution in [0.5, 0.6) is 0 Å². The lowest BCUT2D eigenvalue weighted by Crippen LogP contribution is -2.48. The SMILES string of the molecule is CC(C)C(C(=O)OC(C)(C)C)N(C)C(=O)OCc1ccccc1. The number of amides is 1. The van der Waals surface area contributed by atoms with Gasteiger partial charge < -0.3 is 9.47 Å². The van der Waals surface area contributed by atoms with Gasteiger partial charge in [-0.25, -0.2) is 9.59 Å². The maximum Gasteiger partial charge on any atom is 0.410 e. The second-order valence-electron chi connectivity index (χ2n) is 6.87. The summed E-state index contributed by atoms with van der Waals surface area (Å²) in [6.07, 6.45) is -0.543. The van der Waals surface area contributed by atoms with Crippen molar-refractivity contribution in [2.24, 2.45) is 5.92 Å². The summed E-state index contributed by atoms with van der Waals surface area (Å²) < 4.78 is 10.7. The lowest BCUT2D eigenvalue weighted by molar-refractivity contribution is -0.162. The van der Waals surface area contributed by atoms with Crippen LogP contribution in [0, 0.1) is 5.92 Å². The van der Waals surface area contributed by atoms with Gasteiger partial charge in [0.1, 0.15) is 18.2 Å². The summed E-state index contributed by atoms with van der Waals surface area (Å²) in [5.74, 6) is -0.509. The minimum atomic E-state index is -0.683. The number of nitrogens with zero attached hydrogens (tertiary/aromatic N) is 1. The van der Waals surface area contributed by atoms with Crippen molar-refractivity contribution in [3.63, 3.8) is 0 Å². The standard InChI is InChI=1S/C18H27NO4/c1-13(2)15(16(20)23-18(3,4)5)19(6)17(21)22-12-14-10-8-7-9-11-14/h7-11,13,15H,12H2,1-6H3. The number of carbonyl (C=O) groups is 2. The van der Waals surface area contributed by atoms with E-state index in [1.807, 2.05) is 44.2 Å². The van der Waals surface area contributed by atoms with Gasteiger partial charge in [-0.15, -0.1) is 0 Å². The van der Waals surface area contributed by atoms with Crippen molar-refractivity contribution in [2.45, 2.75) is 52.9 Å². The molecule has 0 saturated heterocycles. The molecule has 0 saturated carbocycles. The number of hydrogen-bond acceptors (Lipinski definition) is 4. The molecule has 0 spiro atoms. The van der Waals surface area contributed by atoms with Gasteiger partial charge in [0.15, 0.2) is 0 Å². The van der Waals surface area contributed by atoms with E-state index in [9.17, 15) is 9.59 Å². The van der Waals surface area contributed by atoms with E-state index in [0.29, 0.717) is 0 Å². The Labute approximate surface area is 138 Å². The number of benzene rings is 1. The Kier molecular flexibility index (Phi) is 6.61. The second kappa shape index (κ2) is 7.99. The van der Waals surface area contributed by atoms with Crippen molar-refractivity contribution < 1.29 is 19.1 Å². The molecule has 128 valence electrons. The fourth-order valence-corrected chi connectivity index (χ4v) is 2.17. The average Bonchev–Trinajstić information content (AvgIpc) is 2.43. The molecule has 0 fully saturated rings. The molecule has 0 aliphatic heterocycles. The van der Waals surface area contributed by atoms with Gasteiger partial charge in [0.2, 0.25) is 0 Å². The van der Waals surface area contributed by atoms with Crippen LogP contribution in [0.3, 0.4) is 0 Å². The summed E-state index contributed by atoms with van der Waals surface area (Å²) in [6.45, 7) is 9.32. The molecule has 0 radical (unpaired) electrons. The predicted molar refractivity (Wildman–Crippen MR) is 88.9 cm³/mol. The van der Waals surface area contributed by atoms with Gasteiger partial charge in [-0.3, -0.25) is 4.90 Å². The molecule has 0 bridgehead atoms. The summed E-state index contributed by atoms with van der Waals surface area (Å²) >= 11 is 0. The first-order chi connectivity index (χ1) is 10.6. The first-order valence-electron chi connectivity index (χ1n) is 7.78. The van der Waals surface area contributed by atoms with Crippen LogP contribution in [0.15, 0.2) is 30.3 Å². The number of esters is 1. The molecule has 23 heavy (non-hydrogen) atoms. The maximum absolute atomic E-state index is 12.3. The van der Waals surface area contributed by atoms with Crippen molar-refractivity contribution in [1.29, 1.82) is 0 Å². The van der Waals surface area contributed by atoms with Crippen LogP contribution in [0.4, 0.5) is 4.79 Å². The Morgan fingerprint density at radius 2 is 1.70 bits per heavy atom. The highest BCUT2D eigenvalue weighted by Crippen LogP contribution is 2.17. The average molecular weight is 321 g/mol. The fraction of sp³-hybridized carbons (Fsp3) is 0.556. The summed E-state index contributed by atoms with van der Waals surface area (Å²) in [6, 6.07) is 8.73. The normalized spacial score (nSPS) is 12.7. The molecular weight excluding hydrogens is 294 g/mol. The van der Waals surface area contributed by atoms with Crippen LogP contribution in [0.25, 0.3) is 0 Å². The lowest BCUT2D eigenvalue weighted by atomic mass is 10.0. The zero-order chi connectivity index (χ0) is 17.6. The van der Waals surface area contributed by atoms with Crippen LogP contribution in [0.2, 0.25) is 0 Å². The fourth-order valence-electron chi connectivity index (χ4n) is 2.17. The quantitative estimate of drug-likeness (QED) is 0.777. The van der Waals surface area contributed by atoms with Crippen molar-refractivity contribution >= 4 is 12.1 Å². The van der Waals surface area contributed by atoms with E-state index in [-0.39, 0.29) is 12.5 Å². The van der Waals surface area contributed by atoms with E-state index < -0.39 is 23.7 Å². The monoisotopic (exact) mass is 321 g/mol. The summed E-state index contributed by atoms with van der Waals surface area (Å²) in [7, 11) is 1.56. The molecule has 0 N–H and O–H groups in total. The summed E-state index contributed by atoms with van der Waals surface area (Å²) in [5.41, 5.74) is 0.298. The van der Waals surface area contributed by atoms with E-state index in [1.165, 1.54) is 4.90 Å². The minimum absolute atomic E-state index is 0.0841. The number of likely N-dealkylation sites (N-methyl/N-ethyl adjacent to an activating group) is 1. The van der Waals surface area contributed by atoms with E-state index in [1.54, 1.807) is 27.8 Å². The molecule has 0 aliphatic rings. The Morgan fingerprint density at radius 3 is 2.17 bits per heavy atom. The molecule has 1 aromatic rings. The lowest BCUT2D eigenvalue weighted by Gasteiger charge is -2.31. The van der Waals surface area contributed by atoms with E-state index >= 15 is 0 Å². The highest BCUT2D eigenvalue weighted by atomic mass is 16.6. The maximum atomic E-state index is 12.3. The molecule has 1 unspecified atom stereocenters. The van der Waals surface area contributed by atoms with Crippen molar-refractivity contribution in [3.05, 3.63) is 35.9 Å². The zero-order valence-electron chi connectivity index (χ0n) is 14.8. The van der Waals surface area contributed by atoms with E-state index in [0.717, 1.165) is 5.56 Å². The van der Waals surface area contributed by atoms with E-state index in [2.05, 4.69) is 0 Å². The number of carbonyl (C=O) groups excluding carboxylic acids is 2. The van der Waals surface area contributed by atoms with Crippen molar-refractivity contribution in [1.82, 2.24) is 4.90 Å². The molecule has 0 aromatic heterocycles. The van der Waals surface area contributed by atoms with Gasteiger partial charge in [-0.05, 0) is 32.3 Å². The van der Waals surface area contributed by atoms with Crippen molar-refractivity contribution in [2.75, 3.05) is 7.05 Å². The van der Waals surface area contributed by atoms with Gasteiger partial charge in [0.05, 0.1) is 0 Å². The largest absolute Gasteiger partial charge is 0.458 e. The van der Waals surface area contributed by atoms with Crippen LogP contribution in [-0.4, -0.2) is 35.7 Å². The molecule has 5 nitrogen and oxygen atoms in total. The van der Waals surface area contributed by atoms with Gasteiger partial charge in [0, 0.05) is 7.05 Å². The van der Waals surface area contributed by atoms with Crippen LogP contribution in [-0.2, 0) is 20.9 Å². The smallest absolute Gasteiger partial charge is 0.410 e. The third kappa shape index (κ3) is 6.30. The Hall–Kier alpha value is -2.04. The highest BCUT2D eigenvalue weighted by molar-refractivity contribution is 5.81. The molecule has 1 aromatic carbocycles. The Bertz CT molecular complexity index is 520. The Morgan fingerprint density at radius 1 is 1.13 bits per heavy atom. The van der Waals surface area contributed by atoms with Crippen molar-refractivity contribution in [3.8, 4) is 0 Å². The van der Waals surface area contributed by atoms with Crippen LogP contribution in [0.1, 0.15) is 40.2 Å². The van der Waals surface area contributed by atoms with Crippen LogP contribution < -0.4 is 0 Å². The topological polar surface area (TPSA) is 55.8 Å². The number of ether oxygens (including phenoxy) is 2. The predicted octanol–water partition coefficient (Wildman–Crippen LogP) is 3.62. The molecule has 1 atom stereocenters. The molecular formula is C18H27NO4. The second-order valence-corrected chi connectivity index (χ2v) is 6.87. The van der Waals surface area contributed by atoms with Gasteiger partial charge in [-0.2, -0.15) is 0 Å². The first kappa shape index (κ1) is 19.0. The molecule has 0 aliphatic carbocycles. The zero-order valence-corrected chi connectivity index (χ0v) is 14.8. The molecule has 5 heteroatoms. The number of rotatable bonds is 5. The van der Waals surface area contributed by atoms with Gasteiger partial charge in [0.25, 0.3) is 0 Å². The molecule has 1 rings (SSSR count). The first-order valence-corrected chi connectivity index (χ1v) is 7.78. The minimum Gasteiger partial charge on any atom is -0.458 e. The van der Waals surface area contributed by atoms with Gasteiger partial charge >= 0.3 is 12.1 Å².